The van der Waals surface area contributed by atoms with Crippen LogP contribution in [0, 0.1) is 0 Å². The first-order valence-corrected chi connectivity index (χ1v) is 11.9. The van der Waals surface area contributed by atoms with E-state index in [1.54, 1.807) is 17.5 Å². The lowest BCUT2D eigenvalue weighted by Crippen LogP contribution is -2.31. The molecule has 0 fully saturated rings. The van der Waals surface area contributed by atoms with Crippen molar-refractivity contribution in [3.63, 3.8) is 0 Å². The zero-order valence-electron chi connectivity index (χ0n) is 20.0. The van der Waals surface area contributed by atoms with Crippen molar-refractivity contribution in [2.24, 2.45) is 0 Å². The van der Waals surface area contributed by atoms with Crippen LogP contribution in [0.15, 0.2) is 53.9 Å². The molecule has 0 saturated heterocycles. The molecule has 2 amide bonds. The Hall–Kier alpha value is -3.85. The van der Waals surface area contributed by atoms with Gasteiger partial charge in [-0.05, 0) is 35.9 Å². The van der Waals surface area contributed by atoms with E-state index in [0.29, 0.717) is 10.6 Å². The normalized spacial score (nSPS) is 11.3. The molecule has 0 bridgehead atoms. The summed E-state index contributed by atoms with van der Waals surface area (Å²) in [6.07, 6.45) is 0.933. The van der Waals surface area contributed by atoms with Crippen molar-refractivity contribution in [1.29, 1.82) is 0 Å². The van der Waals surface area contributed by atoms with E-state index < -0.39 is 18.5 Å². The number of aryl methyl sites for hydroxylation is 1. The molecule has 0 radical (unpaired) electrons. The first-order chi connectivity index (χ1) is 16.9. The molecule has 0 aliphatic heterocycles. The molecule has 0 aliphatic rings. The molecule has 1 unspecified atom stereocenters. The molecule has 184 valence electrons. The third-order valence-electron chi connectivity index (χ3n) is 5.34. The van der Waals surface area contributed by atoms with Gasteiger partial charge in [0.05, 0.1) is 36.4 Å². The van der Waals surface area contributed by atoms with Gasteiger partial charge in [0, 0.05) is 12.1 Å². The Morgan fingerprint density at radius 2 is 1.69 bits per heavy atom. The van der Waals surface area contributed by atoms with Crippen molar-refractivity contribution in [2.75, 3.05) is 26.1 Å². The standard InChI is InChI=1S/C26H28N2O6S/c1-5-17-8-10-18(11-9-17)16(2)27-24(29)15-34-26(31)19-13-21(32-3)22(33-4)14-20(19)28-25(30)23-7-6-12-35-23/h6-14,16H,5,15H2,1-4H3,(H,27,29)(H,28,30). The summed E-state index contributed by atoms with van der Waals surface area (Å²) in [5, 5.41) is 7.30. The molecule has 0 spiro atoms. The number of benzene rings is 2. The summed E-state index contributed by atoms with van der Waals surface area (Å²) in [6, 6.07) is 14.0. The van der Waals surface area contributed by atoms with Crippen LogP contribution in [0.3, 0.4) is 0 Å². The van der Waals surface area contributed by atoms with Gasteiger partial charge >= 0.3 is 5.97 Å². The van der Waals surface area contributed by atoms with Crippen LogP contribution in [0.4, 0.5) is 5.69 Å². The SMILES string of the molecule is CCc1ccc(C(C)NC(=O)COC(=O)c2cc(OC)c(OC)cc2NC(=O)c2cccs2)cc1. The number of methoxy groups -OCH3 is 2. The summed E-state index contributed by atoms with van der Waals surface area (Å²) in [5.74, 6) is -1.02. The summed E-state index contributed by atoms with van der Waals surface area (Å²) in [7, 11) is 2.88. The number of ether oxygens (including phenoxy) is 3. The first kappa shape index (κ1) is 25.8. The highest BCUT2D eigenvalue weighted by atomic mass is 32.1. The van der Waals surface area contributed by atoms with Gasteiger partial charge in [-0.2, -0.15) is 0 Å². The number of thiophene rings is 1. The van der Waals surface area contributed by atoms with Gasteiger partial charge in [0.15, 0.2) is 18.1 Å². The molecule has 2 N–H and O–H groups in total. The number of hydrogen-bond acceptors (Lipinski definition) is 7. The third kappa shape index (κ3) is 6.60. The minimum absolute atomic E-state index is 0.0311. The summed E-state index contributed by atoms with van der Waals surface area (Å²) in [5.41, 5.74) is 2.36. The van der Waals surface area contributed by atoms with Crippen molar-refractivity contribution in [1.82, 2.24) is 5.32 Å². The highest BCUT2D eigenvalue weighted by Gasteiger charge is 2.22. The predicted octanol–water partition coefficient (Wildman–Crippen LogP) is 4.61. The Balaban J connectivity index is 1.70. The van der Waals surface area contributed by atoms with Crippen LogP contribution in [-0.2, 0) is 16.0 Å². The maximum absolute atomic E-state index is 12.9. The molecule has 3 rings (SSSR count). The lowest BCUT2D eigenvalue weighted by molar-refractivity contribution is -0.124. The lowest BCUT2D eigenvalue weighted by atomic mass is 10.1. The van der Waals surface area contributed by atoms with Crippen LogP contribution in [0.1, 0.15) is 51.0 Å². The molecule has 2 aromatic carbocycles. The molecular formula is C26H28N2O6S. The van der Waals surface area contributed by atoms with Crippen molar-refractivity contribution in [2.45, 2.75) is 26.3 Å². The van der Waals surface area contributed by atoms with Gasteiger partial charge < -0.3 is 24.8 Å². The molecule has 3 aromatic rings. The number of amides is 2. The van der Waals surface area contributed by atoms with E-state index in [1.807, 2.05) is 31.2 Å². The van der Waals surface area contributed by atoms with Crippen molar-refractivity contribution >= 4 is 34.8 Å². The predicted molar refractivity (Wildman–Crippen MR) is 134 cm³/mol. The fraction of sp³-hybridized carbons (Fsp3) is 0.269. The molecule has 0 aliphatic carbocycles. The number of hydrogen-bond donors (Lipinski definition) is 2. The maximum atomic E-state index is 12.9. The van der Waals surface area contributed by atoms with Gasteiger partial charge in [-0.3, -0.25) is 9.59 Å². The van der Waals surface area contributed by atoms with Gasteiger partial charge in [-0.1, -0.05) is 37.3 Å². The monoisotopic (exact) mass is 496 g/mol. The summed E-state index contributed by atoms with van der Waals surface area (Å²) < 4.78 is 15.8. The van der Waals surface area contributed by atoms with E-state index in [9.17, 15) is 14.4 Å². The maximum Gasteiger partial charge on any atom is 0.340 e. The van der Waals surface area contributed by atoms with Gasteiger partial charge in [0.2, 0.25) is 0 Å². The zero-order chi connectivity index (χ0) is 25.4. The second-order valence-corrected chi connectivity index (χ2v) is 8.59. The van der Waals surface area contributed by atoms with E-state index in [1.165, 1.54) is 43.3 Å². The van der Waals surface area contributed by atoms with E-state index >= 15 is 0 Å². The lowest BCUT2D eigenvalue weighted by Gasteiger charge is -2.16. The van der Waals surface area contributed by atoms with Crippen LogP contribution in [0.5, 0.6) is 11.5 Å². The van der Waals surface area contributed by atoms with Gasteiger partial charge in [0.25, 0.3) is 11.8 Å². The second-order valence-electron chi connectivity index (χ2n) is 7.64. The molecule has 1 heterocycles. The van der Waals surface area contributed by atoms with E-state index in [2.05, 4.69) is 17.6 Å². The fourth-order valence-corrected chi connectivity index (χ4v) is 3.98. The second kappa shape index (κ2) is 12.0. The number of anilines is 1. The average Bonchev–Trinajstić information content (AvgIpc) is 3.42. The number of esters is 1. The molecule has 35 heavy (non-hydrogen) atoms. The van der Waals surface area contributed by atoms with Crippen molar-refractivity contribution < 1.29 is 28.6 Å². The smallest absolute Gasteiger partial charge is 0.340 e. The van der Waals surface area contributed by atoms with E-state index in [4.69, 9.17) is 14.2 Å². The number of rotatable bonds is 10. The Bertz CT molecular complexity index is 1180. The Kier molecular flexibility index (Phi) is 8.86. The summed E-state index contributed by atoms with van der Waals surface area (Å²) in [6.45, 7) is 3.45. The van der Waals surface area contributed by atoms with Gasteiger partial charge in [-0.15, -0.1) is 11.3 Å². The van der Waals surface area contributed by atoms with Crippen LogP contribution < -0.4 is 20.1 Å². The number of nitrogens with one attached hydrogen (secondary N) is 2. The molecule has 0 saturated carbocycles. The zero-order valence-corrected chi connectivity index (χ0v) is 20.9. The highest BCUT2D eigenvalue weighted by molar-refractivity contribution is 7.12. The summed E-state index contributed by atoms with van der Waals surface area (Å²) >= 11 is 1.26. The van der Waals surface area contributed by atoms with Gasteiger partial charge in [0.1, 0.15) is 0 Å². The van der Waals surface area contributed by atoms with Crippen LogP contribution in [-0.4, -0.2) is 38.6 Å². The quantitative estimate of drug-likeness (QED) is 0.397. The highest BCUT2D eigenvalue weighted by Crippen LogP contribution is 2.34. The van der Waals surface area contributed by atoms with Gasteiger partial charge in [-0.25, -0.2) is 4.79 Å². The third-order valence-corrected chi connectivity index (χ3v) is 6.21. The largest absolute Gasteiger partial charge is 0.493 e. The topological polar surface area (TPSA) is 103 Å². The molecule has 9 heteroatoms. The van der Waals surface area contributed by atoms with Crippen LogP contribution in [0.2, 0.25) is 0 Å². The molecule has 1 aromatic heterocycles. The summed E-state index contributed by atoms with van der Waals surface area (Å²) in [4.78, 5) is 38.4. The first-order valence-electron chi connectivity index (χ1n) is 11.0. The Morgan fingerprint density at radius 1 is 1.00 bits per heavy atom. The van der Waals surface area contributed by atoms with Crippen molar-refractivity contribution in [3.05, 3.63) is 75.5 Å². The van der Waals surface area contributed by atoms with E-state index in [0.717, 1.165) is 12.0 Å². The minimum Gasteiger partial charge on any atom is -0.493 e. The molecule has 1 atom stereocenters. The number of carbonyl (C=O) groups is 3. The van der Waals surface area contributed by atoms with Crippen molar-refractivity contribution in [3.8, 4) is 11.5 Å². The average molecular weight is 497 g/mol. The Labute approximate surface area is 208 Å². The number of carbonyl (C=O) groups excluding carboxylic acids is 3. The minimum atomic E-state index is -0.789. The Morgan fingerprint density at radius 3 is 2.29 bits per heavy atom. The van der Waals surface area contributed by atoms with Crippen LogP contribution in [0.25, 0.3) is 0 Å². The van der Waals surface area contributed by atoms with E-state index in [-0.39, 0.29) is 28.9 Å². The van der Waals surface area contributed by atoms with Crippen LogP contribution >= 0.6 is 11.3 Å². The molecule has 8 nitrogen and oxygen atoms in total. The fourth-order valence-electron chi connectivity index (χ4n) is 3.36. The molecular weight excluding hydrogens is 468 g/mol.